The summed E-state index contributed by atoms with van der Waals surface area (Å²) in [6.45, 7) is 4.24. The summed E-state index contributed by atoms with van der Waals surface area (Å²) in [4.78, 5) is 50.7. The zero-order valence-electron chi connectivity index (χ0n) is 19.5. The van der Waals surface area contributed by atoms with Crippen LogP contribution in [0.3, 0.4) is 0 Å². The second kappa shape index (κ2) is 12.0. The zero-order chi connectivity index (χ0) is 24.5. The number of rotatable bonds is 10. The molecule has 0 unspecified atom stereocenters. The number of benzene rings is 1. The Labute approximate surface area is 193 Å². The minimum absolute atomic E-state index is 0.161. The van der Waals surface area contributed by atoms with E-state index in [1.54, 1.807) is 26.3 Å². The van der Waals surface area contributed by atoms with Crippen molar-refractivity contribution in [3.63, 3.8) is 0 Å². The molecular weight excluding hydrogens is 430 g/mol. The molecule has 1 aliphatic rings. The third-order valence-electron chi connectivity index (χ3n) is 5.29. The van der Waals surface area contributed by atoms with Crippen molar-refractivity contribution >= 4 is 23.8 Å². The van der Waals surface area contributed by atoms with E-state index in [1.807, 2.05) is 26.0 Å². The minimum atomic E-state index is -1.22. The number of hydrogen-bond acceptors (Lipinski definition) is 6. The number of hydrogen-bond donors (Lipinski definition) is 3. The van der Waals surface area contributed by atoms with Gasteiger partial charge in [0.15, 0.2) is 0 Å². The Kier molecular flexibility index (Phi) is 9.46. The van der Waals surface area contributed by atoms with Crippen LogP contribution in [0, 0.1) is 5.92 Å². The molecule has 0 radical (unpaired) electrons. The molecule has 0 spiro atoms. The summed E-state index contributed by atoms with van der Waals surface area (Å²) in [6.07, 6.45) is 0.173. The maximum atomic E-state index is 12.8. The fraction of sp³-hybridized carbons (Fsp3) is 0.545. The number of urea groups is 1. The van der Waals surface area contributed by atoms with Crippen molar-refractivity contribution in [2.24, 2.45) is 5.92 Å². The number of likely N-dealkylation sites (N-methyl/N-ethyl adjacent to an activating group) is 1. The van der Waals surface area contributed by atoms with Crippen LogP contribution in [0.25, 0.3) is 0 Å². The van der Waals surface area contributed by atoms with Crippen LogP contribution in [0.2, 0.25) is 0 Å². The first-order valence-corrected chi connectivity index (χ1v) is 10.8. The van der Waals surface area contributed by atoms with Crippen LogP contribution in [-0.2, 0) is 20.9 Å². The Morgan fingerprint density at radius 1 is 1.15 bits per heavy atom. The summed E-state index contributed by atoms with van der Waals surface area (Å²) >= 11 is 0. The molecule has 0 aromatic heterocycles. The molecule has 1 atom stereocenters. The molecule has 0 saturated carbocycles. The van der Waals surface area contributed by atoms with Gasteiger partial charge in [-0.2, -0.15) is 0 Å². The number of hydrazine groups is 1. The van der Waals surface area contributed by atoms with Gasteiger partial charge in [-0.25, -0.2) is 14.8 Å². The first kappa shape index (κ1) is 25.9. The highest BCUT2D eigenvalue weighted by Gasteiger charge is 2.39. The van der Waals surface area contributed by atoms with Gasteiger partial charge in [0.25, 0.3) is 0 Å². The molecule has 1 heterocycles. The highest BCUT2D eigenvalue weighted by atomic mass is 16.5. The standard InChI is InChI=1S/C22H33N5O6/c1-15(2)9-10-23-21(31)18(11-20(29)30)26-14-27(25(3)13-19(26)28)22(32)24-12-16-5-7-17(33-4)8-6-16/h5-8,15,18H,9-14H2,1-4H3,(H,23,31)(H,24,32)(H,29,30)/t18-/m0/s1. The van der Waals surface area contributed by atoms with Crippen LogP contribution in [0.5, 0.6) is 5.75 Å². The number of methoxy groups -OCH3 is 1. The van der Waals surface area contributed by atoms with Crippen molar-refractivity contribution in [2.75, 3.05) is 33.9 Å². The number of carboxylic acid groups (broad SMARTS) is 1. The summed E-state index contributed by atoms with van der Waals surface area (Å²) in [5, 5.41) is 17.5. The predicted molar refractivity (Wildman–Crippen MR) is 120 cm³/mol. The third kappa shape index (κ3) is 7.63. The average Bonchev–Trinajstić information content (AvgIpc) is 2.76. The number of carboxylic acids is 1. The Morgan fingerprint density at radius 3 is 2.39 bits per heavy atom. The Bertz CT molecular complexity index is 844. The zero-order valence-corrected chi connectivity index (χ0v) is 19.5. The predicted octanol–water partition coefficient (Wildman–Crippen LogP) is 0.859. The Morgan fingerprint density at radius 2 is 1.82 bits per heavy atom. The van der Waals surface area contributed by atoms with E-state index in [0.29, 0.717) is 18.2 Å². The molecule has 1 aromatic rings. The number of ether oxygens (including phenoxy) is 1. The molecule has 11 heteroatoms. The van der Waals surface area contributed by atoms with E-state index in [4.69, 9.17) is 4.74 Å². The van der Waals surface area contributed by atoms with Gasteiger partial charge in [0, 0.05) is 20.1 Å². The van der Waals surface area contributed by atoms with Crippen molar-refractivity contribution in [3.8, 4) is 5.75 Å². The minimum Gasteiger partial charge on any atom is -0.497 e. The molecule has 182 valence electrons. The van der Waals surface area contributed by atoms with Crippen LogP contribution in [0.4, 0.5) is 4.79 Å². The quantitative estimate of drug-likeness (QED) is 0.469. The van der Waals surface area contributed by atoms with Gasteiger partial charge in [-0.15, -0.1) is 0 Å². The smallest absolute Gasteiger partial charge is 0.333 e. The Hall–Kier alpha value is -3.34. The first-order chi connectivity index (χ1) is 15.6. The normalized spacial score (nSPS) is 15.4. The van der Waals surface area contributed by atoms with Crippen LogP contribution < -0.4 is 15.4 Å². The number of nitrogens with one attached hydrogen (secondary N) is 2. The molecule has 3 N–H and O–H groups in total. The fourth-order valence-corrected chi connectivity index (χ4v) is 3.32. The molecule has 1 aromatic carbocycles. The second-order valence-electron chi connectivity index (χ2n) is 8.31. The monoisotopic (exact) mass is 463 g/mol. The van der Waals surface area contributed by atoms with Gasteiger partial charge in [-0.1, -0.05) is 26.0 Å². The van der Waals surface area contributed by atoms with Gasteiger partial charge in [0.05, 0.1) is 20.1 Å². The number of aliphatic carboxylic acids is 1. The van der Waals surface area contributed by atoms with Crippen molar-refractivity contribution in [3.05, 3.63) is 29.8 Å². The summed E-state index contributed by atoms with van der Waals surface area (Å²) < 4.78 is 5.12. The van der Waals surface area contributed by atoms with Gasteiger partial charge >= 0.3 is 12.0 Å². The lowest BCUT2D eigenvalue weighted by atomic mass is 10.1. The summed E-state index contributed by atoms with van der Waals surface area (Å²) in [5.74, 6) is -1.12. The molecule has 2 rings (SSSR count). The van der Waals surface area contributed by atoms with E-state index in [0.717, 1.165) is 16.9 Å². The number of amides is 4. The van der Waals surface area contributed by atoms with Gasteiger partial charge in [0.1, 0.15) is 18.5 Å². The number of carbonyl (C=O) groups excluding carboxylic acids is 3. The van der Waals surface area contributed by atoms with Gasteiger partial charge in [-0.05, 0) is 30.0 Å². The Balaban J connectivity index is 2.07. The second-order valence-corrected chi connectivity index (χ2v) is 8.31. The summed E-state index contributed by atoms with van der Waals surface area (Å²) in [5.41, 5.74) is 0.852. The van der Waals surface area contributed by atoms with Gasteiger partial charge in [-0.3, -0.25) is 14.4 Å². The topological polar surface area (TPSA) is 132 Å². The molecule has 4 amide bonds. The molecule has 1 aliphatic heterocycles. The van der Waals surface area contributed by atoms with E-state index in [2.05, 4.69) is 10.6 Å². The average molecular weight is 464 g/mol. The lowest BCUT2D eigenvalue weighted by Crippen LogP contribution is -2.65. The van der Waals surface area contributed by atoms with Crippen LogP contribution in [-0.4, -0.2) is 83.8 Å². The SMILES string of the molecule is COc1ccc(CNC(=O)N2CN([C@@H](CC(=O)O)C(=O)NCCC(C)C)C(=O)CN2C)cc1. The summed E-state index contributed by atoms with van der Waals surface area (Å²) in [6, 6.07) is 5.51. The van der Waals surface area contributed by atoms with Crippen molar-refractivity contribution in [1.82, 2.24) is 25.6 Å². The molecule has 33 heavy (non-hydrogen) atoms. The maximum Gasteiger partial charge on any atom is 0.333 e. The van der Waals surface area contributed by atoms with Crippen LogP contribution in [0.15, 0.2) is 24.3 Å². The van der Waals surface area contributed by atoms with E-state index in [1.165, 1.54) is 10.0 Å². The first-order valence-electron chi connectivity index (χ1n) is 10.8. The number of carbonyl (C=O) groups is 4. The van der Waals surface area contributed by atoms with Crippen LogP contribution >= 0.6 is 0 Å². The fourth-order valence-electron chi connectivity index (χ4n) is 3.32. The van der Waals surface area contributed by atoms with Crippen molar-refractivity contribution in [2.45, 2.75) is 39.3 Å². The molecule has 1 saturated heterocycles. The highest BCUT2D eigenvalue weighted by molar-refractivity contribution is 5.92. The molecule has 1 fully saturated rings. The lowest BCUT2D eigenvalue weighted by molar-refractivity contribution is -0.160. The molecular formula is C22H33N5O6. The number of nitrogens with zero attached hydrogens (tertiary/aromatic N) is 3. The van der Waals surface area contributed by atoms with Gasteiger partial charge < -0.3 is 25.4 Å². The highest BCUT2D eigenvalue weighted by Crippen LogP contribution is 2.16. The molecule has 0 bridgehead atoms. The molecule has 11 nitrogen and oxygen atoms in total. The lowest BCUT2D eigenvalue weighted by Gasteiger charge is -2.43. The van der Waals surface area contributed by atoms with Crippen LogP contribution in [0.1, 0.15) is 32.3 Å². The van der Waals surface area contributed by atoms with E-state index in [9.17, 15) is 24.3 Å². The maximum absolute atomic E-state index is 12.8. The van der Waals surface area contributed by atoms with Crippen molar-refractivity contribution < 1.29 is 29.0 Å². The van der Waals surface area contributed by atoms with Crippen molar-refractivity contribution in [1.29, 1.82) is 0 Å². The van der Waals surface area contributed by atoms with E-state index in [-0.39, 0.29) is 19.8 Å². The van der Waals surface area contributed by atoms with E-state index < -0.39 is 36.3 Å². The largest absolute Gasteiger partial charge is 0.497 e. The van der Waals surface area contributed by atoms with E-state index >= 15 is 0 Å². The summed E-state index contributed by atoms with van der Waals surface area (Å²) in [7, 11) is 3.15. The van der Waals surface area contributed by atoms with Gasteiger partial charge in [0.2, 0.25) is 11.8 Å². The molecule has 0 aliphatic carbocycles. The third-order valence-corrected chi connectivity index (χ3v) is 5.29.